The third kappa shape index (κ3) is 4.34. The van der Waals surface area contributed by atoms with Crippen molar-refractivity contribution in [2.45, 2.75) is 77.0 Å². The van der Waals surface area contributed by atoms with E-state index in [0.29, 0.717) is 23.8 Å². The van der Waals surface area contributed by atoms with E-state index in [1.165, 1.54) is 12.0 Å². The monoisotopic (exact) mass is 437 g/mol. The van der Waals surface area contributed by atoms with Gasteiger partial charge in [0.25, 0.3) is 0 Å². The van der Waals surface area contributed by atoms with Gasteiger partial charge in [0.1, 0.15) is 11.4 Å². The van der Waals surface area contributed by atoms with Gasteiger partial charge in [0.05, 0.1) is 0 Å². The van der Waals surface area contributed by atoms with Crippen molar-refractivity contribution in [1.29, 1.82) is 0 Å². The number of amides is 1. The fraction of sp³-hybridized carbons (Fsp3) is 0.640. The molecule has 7 nitrogen and oxygen atoms in total. The predicted octanol–water partition coefficient (Wildman–Crippen LogP) is 4.65. The minimum Gasteiger partial charge on any atom is -0.444 e. The Kier molecular flexibility index (Phi) is 5.59. The van der Waals surface area contributed by atoms with E-state index in [2.05, 4.69) is 40.3 Å². The zero-order valence-corrected chi connectivity index (χ0v) is 19.5. The first kappa shape index (κ1) is 21.3. The number of hydrogen-bond donors (Lipinski definition) is 1. The molecule has 1 aliphatic carbocycles. The molecule has 0 radical (unpaired) electrons. The molecule has 2 bridgehead atoms. The van der Waals surface area contributed by atoms with Gasteiger partial charge in [0.2, 0.25) is 5.95 Å². The molecule has 3 heterocycles. The maximum Gasteiger partial charge on any atom is 0.410 e. The van der Waals surface area contributed by atoms with Gasteiger partial charge >= 0.3 is 6.09 Å². The highest BCUT2D eigenvalue weighted by atomic mass is 16.6. The number of fused-ring (bicyclic) bond motifs is 3. The number of likely N-dealkylation sites (tertiary alicyclic amines) is 1. The summed E-state index contributed by atoms with van der Waals surface area (Å²) >= 11 is 0. The molecular formula is C25H35N5O2. The van der Waals surface area contributed by atoms with Gasteiger partial charge in [-0.2, -0.15) is 4.98 Å². The molecule has 2 fully saturated rings. The molecule has 0 spiro atoms. The lowest BCUT2D eigenvalue weighted by atomic mass is 9.92. The second-order valence-electron chi connectivity index (χ2n) is 10.6. The zero-order valence-electron chi connectivity index (χ0n) is 19.5. The number of aromatic nitrogens is 3. The van der Waals surface area contributed by atoms with E-state index in [9.17, 15) is 4.79 Å². The number of nitrogens with one attached hydrogen (secondary N) is 1. The van der Waals surface area contributed by atoms with Gasteiger partial charge in [0.15, 0.2) is 0 Å². The second-order valence-corrected chi connectivity index (χ2v) is 10.6. The average molecular weight is 438 g/mol. The van der Waals surface area contributed by atoms with Gasteiger partial charge in [-0.3, -0.25) is 0 Å². The average Bonchev–Trinajstić information content (AvgIpc) is 3.15. The van der Waals surface area contributed by atoms with Gasteiger partial charge in [-0.1, -0.05) is 36.8 Å². The molecule has 3 aliphatic rings. The highest BCUT2D eigenvalue weighted by Crippen LogP contribution is 2.39. The smallest absolute Gasteiger partial charge is 0.410 e. The summed E-state index contributed by atoms with van der Waals surface area (Å²) in [6.07, 6.45) is 5.51. The molecule has 172 valence electrons. The molecule has 1 aromatic heterocycles. The van der Waals surface area contributed by atoms with Crippen LogP contribution in [0, 0.1) is 11.8 Å². The van der Waals surface area contributed by atoms with Crippen molar-refractivity contribution in [2.24, 2.45) is 11.8 Å². The summed E-state index contributed by atoms with van der Waals surface area (Å²) < 4.78 is 7.73. The lowest BCUT2D eigenvalue weighted by molar-refractivity contribution is 0.0141. The first-order chi connectivity index (χ1) is 15.4. The largest absolute Gasteiger partial charge is 0.444 e. The molecule has 2 aromatic rings. The number of nitrogens with zero attached hydrogens (tertiary/aromatic N) is 4. The third-order valence-electron chi connectivity index (χ3n) is 7.11. The number of piperidine rings is 1. The first-order valence-corrected chi connectivity index (χ1v) is 12.1. The van der Waals surface area contributed by atoms with Crippen LogP contribution in [0.15, 0.2) is 30.3 Å². The van der Waals surface area contributed by atoms with Crippen LogP contribution in [0.3, 0.4) is 0 Å². The van der Waals surface area contributed by atoms with Crippen LogP contribution in [-0.4, -0.2) is 50.5 Å². The summed E-state index contributed by atoms with van der Waals surface area (Å²) in [7, 11) is 0. The summed E-state index contributed by atoms with van der Waals surface area (Å²) in [5, 5.41) is 8.55. The van der Waals surface area contributed by atoms with Crippen LogP contribution in [0.1, 0.15) is 70.2 Å². The molecule has 1 amide bonds. The van der Waals surface area contributed by atoms with Crippen molar-refractivity contribution in [3.63, 3.8) is 0 Å². The maximum atomic E-state index is 12.6. The quantitative estimate of drug-likeness (QED) is 0.757. The topological polar surface area (TPSA) is 72.3 Å². The number of carbonyl (C=O) groups is 1. The third-order valence-corrected chi connectivity index (χ3v) is 7.11. The standard InChI is InChI=1S/C25H35N5O2/c1-25(2,3)32-24(31)29-15-18-12-13-19(16-29)21(18)26-23-27-22-20(17-9-5-4-6-10-17)11-7-8-14-30(22)28-23/h4-6,9-10,18-21H,7-8,11-16H2,1-3H3,(H,26,28)/t18-,19+,20?,21-. The number of benzene rings is 1. The number of aryl methyl sites for hydroxylation is 1. The van der Waals surface area contributed by atoms with E-state index < -0.39 is 5.60 Å². The SMILES string of the molecule is CC(C)(C)OC(=O)N1C[C@H]2CC[C@@H](C1)[C@@H]2Nc1nc2n(n1)CCCCC2c1ccccc1. The van der Waals surface area contributed by atoms with Crippen molar-refractivity contribution < 1.29 is 9.53 Å². The molecule has 1 saturated carbocycles. The molecule has 7 heteroatoms. The summed E-state index contributed by atoms with van der Waals surface area (Å²) in [6.45, 7) is 8.17. The summed E-state index contributed by atoms with van der Waals surface area (Å²) in [5.41, 5.74) is 0.860. The van der Waals surface area contributed by atoms with E-state index in [0.717, 1.165) is 57.1 Å². The van der Waals surface area contributed by atoms with Gasteiger partial charge in [-0.25, -0.2) is 9.48 Å². The Labute approximate surface area is 190 Å². The lowest BCUT2D eigenvalue weighted by Crippen LogP contribution is -2.51. The number of ether oxygens (including phenoxy) is 1. The Bertz CT molecular complexity index is 937. The fourth-order valence-corrected chi connectivity index (χ4v) is 5.66. The second kappa shape index (κ2) is 8.41. The number of anilines is 1. The fourth-order valence-electron chi connectivity index (χ4n) is 5.66. The summed E-state index contributed by atoms with van der Waals surface area (Å²) in [5.74, 6) is 2.95. The normalized spacial score (nSPS) is 27.5. The van der Waals surface area contributed by atoms with Crippen LogP contribution in [-0.2, 0) is 11.3 Å². The Balaban J connectivity index is 1.30. The minimum atomic E-state index is -0.460. The molecular weight excluding hydrogens is 402 g/mol. The Morgan fingerprint density at radius 2 is 1.78 bits per heavy atom. The lowest BCUT2D eigenvalue weighted by Gasteiger charge is -2.38. The summed E-state index contributed by atoms with van der Waals surface area (Å²) in [4.78, 5) is 19.5. The zero-order chi connectivity index (χ0) is 22.3. The molecule has 1 N–H and O–H groups in total. The Hall–Kier alpha value is -2.57. The Morgan fingerprint density at radius 3 is 2.47 bits per heavy atom. The highest BCUT2D eigenvalue weighted by molar-refractivity contribution is 5.68. The first-order valence-electron chi connectivity index (χ1n) is 12.1. The van der Waals surface area contributed by atoms with E-state index in [-0.39, 0.29) is 6.09 Å². The molecule has 32 heavy (non-hydrogen) atoms. The minimum absolute atomic E-state index is 0.189. The van der Waals surface area contributed by atoms with Crippen LogP contribution < -0.4 is 5.32 Å². The Morgan fingerprint density at radius 1 is 1.06 bits per heavy atom. The molecule has 1 saturated heterocycles. The molecule has 4 atom stereocenters. The highest BCUT2D eigenvalue weighted by Gasteiger charge is 2.44. The van der Waals surface area contributed by atoms with E-state index in [1.54, 1.807) is 0 Å². The van der Waals surface area contributed by atoms with E-state index in [1.807, 2.05) is 25.7 Å². The van der Waals surface area contributed by atoms with Crippen molar-refractivity contribution in [2.75, 3.05) is 18.4 Å². The van der Waals surface area contributed by atoms with Crippen LogP contribution in [0.5, 0.6) is 0 Å². The van der Waals surface area contributed by atoms with Gasteiger partial charge in [-0.05, 0) is 63.9 Å². The molecule has 5 rings (SSSR count). The molecule has 1 aromatic carbocycles. The van der Waals surface area contributed by atoms with Crippen LogP contribution in [0.4, 0.5) is 10.7 Å². The maximum absolute atomic E-state index is 12.6. The van der Waals surface area contributed by atoms with Crippen molar-refractivity contribution in [3.8, 4) is 0 Å². The van der Waals surface area contributed by atoms with Gasteiger partial charge in [0, 0.05) is 31.6 Å². The van der Waals surface area contributed by atoms with Gasteiger partial charge in [-0.15, -0.1) is 5.10 Å². The van der Waals surface area contributed by atoms with Gasteiger partial charge < -0.3 is 15.0 Å². The van der Waals surface area contributed by atoms with E-state index in [4.69, 9.17) is 14.8 Å². The van der Waals surface area contributed by atoms with E-state index >= 15 is 0 Å². The number of carbonyl (C=O) groups excluding carboxylic acids is 1. The van der Waals surface area contributed by atoms with Crippen molar-refractivity contribution >= 4 is 12.0 Å². The van der Waals surface area contributed by atoms with Crippen molar-refractivity contribution in [3.05, 3.63) is 41.7 Å². The molecule has 1 unspecified atom stereocenters. The predicted molar refractivity (Wildman–Crippen MR) is 124 cm³/mol. The van der Waals surface area contributed by atoms with Crippen LogP contribution >= 0.6 is 0 Å². The molecule has 2 aliphatic heterocycles. The van der Waals surface area contributed by atoms with Crippen LogP contribution in [0.2, 0.25) is 0 Å². The van der Waals surface area contributed by atoms with Crippen LogP contribution in [0.25, 0.3) is 0 Å². The summed E-state index contributed by atoms with van der Waals surface area (Å²) in [6, 6.07) is 11.0. The van der Waals surface area contributed by atoms with Crippen molar-refractivity contribution in [1.82, 2.24) is 19.7 Å². The number of rotatable bonds is 3. The number of hydrogen-bond acceptors (Lipinski definition) is 5.